The molecule has 0 bridgehead atoms. The van der Waals surface area contributed by atoms with Crippen LogP contribution in [-0.4, -0.2) is 54.0 Å². The summed E-state index contributed by atoms with van der Waals surface area (Å²) in [5, 5.41) is 5.59. The van der Waals surface area contributed by atoms with Gasteiger partial charge < -0.3 is 20.3 Å². The number of nitrogens with one attached hydrogen (secondary N) is 2. The van der Waals surface area contributed by atoms with Crippen LogP contribution in [0, 0.1) is 0 Å². The van der Waals surface area contributed by atoms with Crippen LogP contribution >= 0.6 is 0 Å². The van der Waals surface area contributed by atoms with Crippen molar-refractivity contribution in [3.05, 3.63) is 35.4 Å². The predicted octanol–water partition coefficient (Wildman–Crippen LogP) is 1.15. The van der Waals surface area contributed by atoms with Crippen molar-refractivity contribution in [2.45, 2.75) is 56.8 Å². The van der Waals surface area contributed by atoms with E-state index in [-0.39, 0.29) is 42.5 Å². The molecule has 0 spiro atoms. The third-order valence-electron chi connectivity index (χ3n) is 5.52. The van der Waals surface area contributed by atoms with Crippen molar-refractivity contribution < 1.29 is 19.1 Å². The summed E-state index contributed by atoms with van der Waals surface area (Å²) in [6.07, 6.45) is 3.82. The Morgan fingerprint density at radius 3 is 2.74 bits per heavy atom. The molecular formula is C20H25N3O4. The first-order valence-electron chi connectivity index (χ1n) is 9.66. The maximum absolute atomic E-state index is 12.8. The number of nitrogens with zero attached hydrogens (tertiary/aromatic N) is 1. The molecule has 2 aliphatic heterocycles. The molecule has 0 radical (unpaired) electrons. The van der Waals surface area contributed by atoms with Gasteiger partial charge in [0.2, 0.25) is 11.8 Å². The highest BCUT2D eigenvalue weighted by Gasteiger charge is 2.47. The first kappa shape index (κ1) is 18.0. The summed E-state index contributed by atoms with van der Waals surface area (Å²) in [5.41, 5.74) is 1.31. The van der Waals surface area contributed by atoms with Crippen LogP contribution in [0.25, 0.3) is 0 Å². The monoisotopic (exact) mass is 371 g/mol. The van der Waals surface area contributed by atoms with Gasteiger partial charge in [0, 0.05) is 18.2 Å². The molecule has 7 nitrogen and oxygen atoms in total. The second kappa shape index (κ2) is 7.31. The lowest BCUT2D eigenvalue weighted by atomic mass is 10.0. The zero-order valence-corrected chi connectivity index (χ0v) is 15.4. The largest absolute Gasteiger partial charge is 0.376 e. The van der Waals surface area contributed by atoms with E-state index in [4.69, 9.17) is 4.74 Å². The Morgan fingerprint density at radius 1 is 1.26 bits per heavy atom. The molecule has 3 atom stereocenters. The first-order valence-corrected chi connectivity index (χ1v) is 9.66. The number of carbonyl (C=O) groups is 3. The van der Waals surface area contributed by atoms with Crippen LogP contribution in [0.1, 0.15) is 54.6 Å². The first-order chi connectivity index (χ1) is 13.1. The second-order valence-corrected chi connectivity index (χ2v) is 7.56. The minimum absolute atomic E-state index is 0.0364. The minimum Gasteiger partial charge on any atom is -0.376 e. The van der Waals surface area contributed by atoms with Crippen LogP contribution in [0.5, 0.6) is 0 Å². The van der Waals surface area contributed by atoms with Gasteiger partial charge in [-0.3, -0.25) is 14.4 Å². The number of carbonyl (C=O) groups excluding carboxylic acids is 3. The van der Waals surface area contributed by atoms with Gasteiger partial charge >= 0.3 is 0 Å². The Kier molecular flexibility index (Phi) is 4.86. The summed E-state index contributed by atoms with van der Waals surface area (Å²) in [7, 11) is 0. The quantitative estimate of drug-likeness (QED) is 0.785. The maximum Gasteiger partial charge on any atom is 0.255 e. The molecule has 27 heavy (non-hydrogen) atoms. The number of ether oxygens (including phenoxy) is 1. The molecule has 0 aromatic heterocycles. The Labute approximate surface area is 158 Å². The Balaban J connectivity index is 1.38. The molecule has 0 unspecified atom stereocenters. The van der Waals surface area contributed by atoms with E-state index < -0.39 is 6.04 Å². The molecule has 4 rings (SSSR count). The number of fused-ring (bicyclic) bond motifs is 1. The minimum atomic E-state index is -0.649. The zero-order valence-electron chi connectivity index (χ0n) is 15.4. The lowest BCUT2D eigenvalue weighted by molar-refractivity contribution is -0.129. The van der Waals surface area contributed by atoms with Gasteiger partial charge in [0.1, 0.15) is 6.04 Å². The van der Waals surface area contributed by atoms with Crippen LogP contribution in [0.15, 0.2) is 24.3 Å². The molecule has 144 valence electrons. The molecule has 7 heteroatoms. The van der Waals surface area contributed by atoms with Gasteiger partial charge in [0.15, 0.2) is 0 Å². The average Bonchev–Trinajstić information content (AvgIpc) is 3.25. The van der Waals surface area contributed by atoms with Crippen molar-refractivity contribution in [2.24, 2.45) is 0 Å². The van der Waals surface area contributed by atoms with Crippen LogP contribution in [0.4, 0.5) is 0 Å². The molecule has 3 amide bonds. The van der Waals surface area contributed by atoms with Crippen molar-refractivity contribution >= 4 is 17.7 Å². The summed E-state index contributed by atoms with van der Waals surface area (Å²) >= 11 is 0. The van der Waals surface area contributed by atoms with Gasteiger partial charge in [-0.2, -0.15) is 0 Å². The van der Waals surface area contributed by atoms with E-state index in [0.717, 1.165) is 37.9 Å². The Morgan fingerprint density at radius 2 is 2.04 bits per heavy atom. The van der Waals surface area contributed by atoms with E-state index in [1.54, 1.807) is 11.0 Å². The number of benzene rings is 1. The molecule has 3 aliphatic rings. The van der Waals surface area contributed by atoms with E-state index in [2.05, 4.69) is 10.6 Å². The highest BCUT2D eigenvalue weighted by molar-refractivity contribution is 6.05. The lowest BCUT2D eigenvalue weighted by Gasteiger charge is -2.25. The number of hydrogen-bond donors (Lipinski definition) is 2. The van der Waals surface area contributed by atoms with Crippen LogP contribution in [-0.2, 0) is 14.3 Å². The van der Waals surface area contributed by atoms with E-state index >= 15 is 0 Å². The zero-order chi connectivity index (χ0) is 19.0. The van der Waals surface area contributed by atoms with Crippen molar-refractivity contribution in [2.75, 3.05) is 13.2 Å². The van der Waals surface area contributed by atoms with Crippen LogP contribution in [0.2, 0.25) is 0 Å². The molecule has 2 N–H and O–H groups in total. The van der Waals surface area contributed by atoms with Crippen molar-refractivity contribution in [3.63, 3.8) is 0 Å². The van der Waals surface area contributed by atoms with Gasteiger partial charge in [-0.15, -0.1) is 0 Å². The van der Waals surface area contributed by atoms with E-state index in [1.165, 1.54) is 0 Å². The number of amides is 3. The summed E-state index contributed by atoms with van der Waals surface area (Å²) in [4.78, 5) is 39.4. The topological polar surface area (TPSA) is 87.7 Å². The Hall–Kier alpha value is -2.41. The molecule has 1 aromatic carbocycles. The van der Waals surface area contributed by atoms with E-state index in [1.807, 2.05) is 25.1 Å². The second-order valence-electron chi connectivity index (χ2n) is 7.56. The third-order valence-corrected chi connectivity index (χ3v) is 5.52. The van der Waals surface area contributed by atoms with Gasteiger partial charge in [-0.05, 0) is 44.2 Å². The highest BCUT2D eigenvalue weighted by atomic mass is 16.5. The standard InChI is InChI=1S/C20H25N3O4/c1-12(16-7-4-10-27-16)22-17(24)11-21-19(25)18-14-5-2-3-6-15(14)20(26)23(18)13-8-9-13/h2-3,5-6,12-13,16,18H,4,7-11H2,1H3,(H,21,25)(H,22,24)/t12-,16-,18+/m0/s1. The molecule has 1 saturated heterocycles. The third kappa shape index (κ3) is 3.56. The number of hydrogen-bond acceptors (Lipinski definition) is 4. The smallest absolute Gasteiger partial charge is 0.255 e. The SMILES string of the molecule is C[C@H](NC(=O)CNC(=O)[C@H]1c2ccccc2C(=O)N1C1CC1)[C@@H]1CCCO1. The summed E-state index contributed by atoms with van der Waals surface area (Å²) in [5.74, 6) is -0.647. The Bertz CT molecular complexity index is 755. The maximum atomic E-state index is 12.8. The molecule has 1 aromatic rings. The van der Waals surface area contributed by atoms with Gasteiger partial charge in [0.05, 0.1) is 18.7 Å². The fourth-order valence-corrected chi connectivity index (χ4v) is 3.99. The van der Waals surface area contributed by atoms with Crippen LogP contribution in [0.3, 0.4) is 0 Å². The van der Waals surface area contributed by atoms with E-state index in [9.17, 15) is 14.4 Å². The normalized spacial score (nSPS) is 25.2. The lowest BCUT2D eigenvalue weighted by Crippen LogP contribution is -2.47. The summed E-state index contributed by atoms with van der Waals surface area (Å²) < 4.78 is 5.57. The molecular weight excluding hydrogens is 346 g/mol. The molecule has 2 heterocycles. The van der Waals surface area contributed by atoms with Gasteiger partial charge in [0.25, 0.3) is 5.91 Å². The molecule has 1 saturated carbocycles. The fourth-order valence-electron chi connectivity index (χ4n) is 3.99. The summed E-state index contributed by atoms with van der Waals surface area (Å²) in [6, 6.07) is 6.60. The van der Waals surface area contributed by atoms with E-state index in [0.29, 0.717) is 5.56 Å². The van der Waals surface area contributed by atoms with Crippen LogP contribution < -0.4 is 10.6 Å². The van der Waals surface area contributed by atoms with Crippen molar-refractivity contribution in [1.29, 1.82) is 0 Å². The van der Waals surface area contributed by atoms with Crippen molar-refractivity contribution in [1.82, 2.24) is 15.5 Å². The average molecular weight is 371 g/mol. The number of rotatable bonds is 6. The fraction of sp³-hybridized carbons (Fsp3) is 0.550. The molecule has 1 aliphatic carbocycles. The highest BCUT2D eigenvalue weighted by Crippen LogP contribution is 2.41. The predicted molar refractivity (Wildman–Crippen MR) is 98.0 cm³/mol. The van der Waals surface area contributed by atoms with Gasteiger partial charge in [-0.25, -0.2) is 0 Å². The van der Waals surface area contributed by atoms with Crippen molar-refractivity contribution in [3.8, 4) is 0 Å². The molecule has 2 fully saturated rings. The summed E-state index contributed by atoms with van der Waals surface area (Å²) in [6.45, 7) is 2.53. The van der Waals surface area contributed by atoms with Gasteiger partial charge in [-0.1, -0.05) is 18.2 Å².